The normalized spacial score (nSPS) is 13.5. The smallest absolute Gasteiger partial charge is 0.262 e. The van der Waals surface area contributed by atoms with Crippen LogP contribution in [0.25, 0.3) is 0 Å². The second-order valence-corrected chi connectivity index (χ2v) is 10.5. The molecule has 42 heavy (non-hydrogen) atoms. The zero-order valence-electron chi connectivity index (χ0n) is 23.4. The largest absolute Gasteiger partial charge is 0.493 e. The van der Waals surface area contributed by atoms with E-state index in [9.17, 15) is 4.79 Å². The lowest BCUT2D eigenvalue weighted by Crippen LogP contribution is -2.46. The predicted molar refractivity (Wildman–Crippen MR) is 168 cm³/mol. The molecule has 1 saturated heterocycles. The average Bonchev–Trinajstić information content (AvgIpc) is 3.00. The molecule has 1 aliphatic heterocycles. The fraction of sp³-hybridized carbons (Fsp3) is 0.258. The highest BCUT2D eigenvalue weighted by Crippen LogP contribution is 2.34. The predicted octanol–water partition coefficient (Wildman–Crippen LogP) is 7.11. The number of methoxy groups -OCH3 is 1. The Labute approximate surface area is 255 Å². The molecular formula is C31H32Cl2N6O3. The van der Waals surface area contributed by atoms with E-state index < -0.39 is 5.91 Å². The molecule has 0 unspecified atom stereocenters. The van der Waals surface area contributed by atoms with Crippen molar-refractivity contribution in [2.24, 2.45) is 0 Å². The molecule has 11 heteroatoms. The standard InChI is InChI=1S/C31H32Cl2N6O3/c1-3-15-38-16-18-39(19-17-38)22-13-11-21(12-14-22)35-31-34-20-23(29(40)36-28-24(32)7-6-8-25(28)33)30(37-31)42-27-10-5-4-9-26(27)41-2/h4-14,20H,3,15-19H2,1-2H3,(H,36,40)(H,34,35,37). The Kier molecular flexibility index (Phi) is 9.63. The molecule has 1 fully saturated rings. The summed E-state index contributed by atoms with van der Waals surface area (Å²) >= 11 is 12.5. The number of para-hydroxylation sites is 3. The summed E-state index contributed by atoms with van der Waals surface area (Å²) in [6, 6.07) is 20.2. The average molecular weight is 608 g/mol. The number of rotatable bonds is 10. The van der Waals surface area contributed by atoms with Crippen LogP contribution in [-0.2, 0) is 0 Å². The first-order valence-corrected chi connectivity index (χ1v) is 14.5. The minimum Gasteiger partial charge on any atom is -0.493 e. The van der Waals surface area contributed by atoms with E-state index in [0.29, 0.717) is 21.5 Å². The zero-order chi connectivity index (χ0) is 29.5. The summed E-state index contributed by atoms with van der Waals surface area (Å²) in [5.74, 6) is 0.618. The van der Waals surface area contributed by atoms with Crippen LogP contribution in [0.5, 0.6) is 17.4 Å². The zero-order valence-corrected chi connectivity index (χ0v) is 25.0. The van der Waals surface area contributed by atoms with Crippen LogP contribution >= 0.6 is 23.2 Å². The van der Waals surface area contributed by atoms with Crippen LogP contribution in [0.15, 0.2) is 72.9 Å². The van der Waals surface area contributed by atoms with Gasteiger partial charge >= 0.3 is 0 Å². The van der Waals surface area contributed by atoms with Crippen molar-refractivity contribution in [3.8, 4) is 17.4 Å². The SMILES string of the molecule is CCCN1CCN(c2ccc(Nc3ncc(C(=O)Nc4c(Cl)cccc4Cl)c(Oc4ccccc4OC)n3)cc2)CC1. The van der Waals surface area contributed by atoms with E-state index in [2.05, 4.69) is 49.5 Å². The molecule has 1 amide bonds. The van der Waals surface area contributed by atoms with Gasteiger partial charge in [-0.05, 0) is 61.5 Å². The highest BCUT2D eigenvalue weighted by atomic mass is 35.5. The van der Waals surface area contributed by atoms with Gasteiger partial charge < -0.3 is 25.0 Å². The van der Waals surface area contributed by atoms with Crippen LogP contribution in [0, 0.1) is 0 Å². The van der Waals surface area contributed by atoms with Crippen LogP contribution in [0.2, 0.25) is 10.0 Å². The molecule has 0 saturated carbocycles. The number of carbonyl (C=O) groups excluding carboxylic acids is 1. The van der Waals surface area contributed by atoms with Crippen LogP contribution in [0.1, 0.15) is 23.7 Å². The molecule has 0 spiro atoms. The maximum Gasteiger partial charge on any atom is 0.262 e. The minimum absolute atomic E-state index is 0.0271. The number of amides is 1. The van der Waals surface area contributed by atoms with E-state index in [0.717, 1.165) is 38.4 Å². The highest BCUT2D eigenvalue weighted by Gasteiger charge is 2.21. The lowest BCUT2D eigenvalue weighted by Gasteiger charge is -2.36. The van der Waals surface area contributed by atoms with Crippen LogP contribution < -0.4 is 25.0 Å². The van der Waals surface area contributed by atoms with Crippen molar-refractivity contribution in [1.29, 1.82) is 0 Å². The second-order valence-electron chi connectivity index (χ2n) is 9.72. The van der Waals surface area contributed by atoms with E-state index in [-0.39, 0.29) is 23.1 Å². The molecule has 2 heterocycles. The summed E-state index contributed by atoms with van der Waals surface area (Å²) < 4.78 is 11.5. The Morgan fingerprint density at radius 1 is 0.929 bits per heavy atom. The fourth-order valence-corrected chi connectivity index (χ4v) is 5.19. The molecule has 0 radical (unpaired) electrons. The van der Waals surface area contributed by atoms with Crippen molar-refractivity contribution in [2.45, 2.75) is 13.3 Å². The molecule has 0 aliphatic carbocycles. The third kappa shape index (κ3) is 7.05. The number of ether oxygens (including phenoxy) is 2. The van der Waals surface area contributed by atoms with Gasteiger partial charge in [0.1, 0.15) is 5.56 Å². The minimum atomic E-state index is -0.537. The van der Waals surface area contributed by atoms with E-state index in [1.54, 1.807) is 36.4 Å². The summed E-state index contributed by atoms with van der Waals surface area (Å²) in [6.45, 7) is 7.51. The number of aromatic nitrogens is 2. The molecule has 1 aromatic heterocycles. The van der Waals surface area contributed by atoms with Gasteiger partial charge in [0.05, 0.1) is 22.8 Å². The molecule has 1 aliphatic rings. The van der Waals surface area contributed by atoms with E-state index >= 15 is 0 Å². The number of anilines is 4. The Morgan fingerprint density at radius 3 is 2.29 bits per heavy atom. The summed E-state index contributed by atoms with van der Waals surface area (Å²) in [6.07, 6.45) is 2.57. The maximum absolute atomic E-state index is 13.4. The third-order valence-electron chi connectivity index (χ3n) is 6.88. The topological polar surface area (TPSA) is 91.9 Å². The van der Waals surface area contributed by atoms with Crippen LogP contribution in [0.3, 0.4) is 0 Å². The molecule has 4 aromatic rings. The Hall–Kier alpha value is -4.05. The Balaban J connectivity index is 1.37. The Morgan fingerprint density at radius 2 is 1.62 bits per heavy atom. The van der Waals surface area contributed by atoms with Crippen molar-refractivity contribution in [1.82, 2.24) is 14.9 Å². The highest BCUT2D eigenvalue weighted by molar-refractivity contribution is 6.40. The first-order valence-electron chi connectivity index (χ1n) is 13.7. The summed E-state index contributed by atoms with van der Waals surface area (Å²) in [7, 11) is 1.54. The molecular weight excluding hydrogens is 575 g/mol. The third-order valence-corrected chi connectivity index (χ3v) is 7.51. The van der Waals surface area contributed by atoms with Crippen molar-refractivity contribution in [3.63, 3.8) is 0 Å². The van der Waals surface area contributed by atoms with Gasteiger partial charge in [-0.15, -0.1) is 0 Å². The van der Waals surface area contributed by atoms with Gasteiger partial charge in [-0.3, -0.25) is 9.69 Å². The van der Waals surface area contributed by atoms with E-state index in [1.165, 1.54) is 25.4 Å². The number of hydrogen-bond acceptors (Lipinski definition) is 8. The summed E-state index contributed by atoms with van der Waals surface area (Å²) in [5, 5.41) is 6.56. The fourth-order valence-electron chi connectivity index (χ4n) is 4.70. The molecule has 5 rings (SSSR count). The first-order chi connectivity index (χ1) is 20.4. The molecule has 2 N–H and O–H groups in total. The number of carbonyl (C=O) groups is 1. The molecule has 9 nitrogen and oxygen atoms in total. The van der Waals surface area contributed by atoms with Crippen LogP contribution in [0.4, 0.5) is 23.0 Å². The molecule has 218 valence electrons. The van der Waals surface area contributed by atoms with E-state index in [4.69, 9.17) is 32.7 Å². The number of piperazine rings is 1. The maximum atomic E-state index is 13.4. The number of halogens is 2. The van der Waals surface area contributed by atoms with Crippen LogP contribution in [-0.4, -0.2) is 60.6 Å². The van der Waals surface area contributed by atoms with Crippen molar-refractivity contribution in [3.05, 3.63) is 88.5 Å². The molecule has 0 atom stereocenters. The quantitative estimate of drug-likeness (QED) is 0.197. The van der Waals surface area contributed by atoms with Gasteiger partial charge in [0.15, 0.2) is 11.5 Å². The van der Waals surface area contributed by atoms with Crippen molar-refractivity contribution < 1.29 is 14.3 Å². The Bertz CT molecular complexity index is 1510. The van der Waals surface area contributed by atoms with Gasteiger partial charge in [0.2, 0.25) is 11.8 Å². The van der Waals surface area contributed by atoms with Crippen molar-refractivity contribution >= 4 is 52.1 Å². The number of nitrogens with one attached hydrogen (secondary N) is 2. The van der Waals surface area contributed by atoms with Crippen molar-refractivity contribution in [2.75, 3.05) is 55.4 Å². The lowest BCUT2D eigenvalue weighted by molar-refractivity contribution is 0.102. The van der Waals surface area contributed by atoms with Gasteiger partial charge in [-0.2, -0.15) is 4.98 Å². The number of benzene rings is 3. The van der Waals surface area contributed by atoms with Gasteiger partial charge in [0, 0.05) is 43.8 Å². The summed E-state index contributed by atoms with van der Waals surface area (Å²) in [5.41, 5.74) is 2.33. The van der Waals surface area contributed by atoms with E-state index in [1.807, 2.05) is 18.2 Å². The number of hydrogen-bond donors (Lipinski definition) is 2. The molecule has 3 aromatic carbocycles. The van der Waals surface area contributed by atoms with Gasteiger partial charge in [0.25, 0.3) is 5.91 Å². The summed E-state index contributed by atoms with van der Waals surface area (Å²) in [4.78, 5) is 27.2. The monoisotopic (exact) mass is 606 g/mol. The van der Waals surface area contributed by atoms with Gasteiger partial charge in [-0.25, -0.2) is 4.98 Å². The molecule has 0 bridgehead atoms. The number of nitrogens with zero attached hydrogens (tertiary/aromatic N) is 4. The second kappa shape index (κ2) is 13.7. The lowest BCUT2D eigenvalue weighted by atomic mass is 10.2. The first kappa shape index (κ1) is 29.4. The van der Waals surface area contributed by atoms with Gasteiger partial charge in [-0.1, -0.05) is 48.3 Å².